The van der Waals surface area contributed by atoms with Crippen molar-refractivity contribution in [1.29, 1.82) is 0 Å². The van der Waals surface area contributed by atoms with Crippen LogP contribution in [0.3, 0.4) is 0 Å². The van der Waals surface area contributed by atoms with Gasteiger partial charge in [0.2, 0.25) is 0 Å². The van der Waals surface area contributed by atoms with Gasteiger partial charge in [-0.05, 0) is 31.0 Å². The Bertz CT molecular complexity index is 642. The van der Waals surface area contributed by atoms with Gasteiger partial charge in [0.25, 0.3) is 0 Å². The summed E-state index contributed by atoms with van der Waals surface area (Å²) in [6.45, 7) is 1.89. The number of hydrogen-bond acceptors (Lipinski definition) is 4. The Morgan fingerprint density at radius 3 is 2.55 bits per heavy atom. The first-order chi connectivity index (χ1) is 9.66. The summed E-state index contributed by atoms with van der Waals surface area (Å²) in [6, 6.07) is 4.88. The normalized spacial score (nSPS) is 14.8. The third kappa shape index (κ3) is 2.41. The number of rotatable bonds is 2. The van der Waals surface area contributed by atoms with E-state index in [2.05, 4.69) is 14.9 Å². The third-order valence-corrected chi connectivity index (χ3v) is 3.97. The van der Waals surface area contributed by atoms with Crippen LogP contribution in [0.15, 0.2) is 24.5 Å². The Morgan fingerprint density at radius 2 is 1.85 bits per heavy atom. The van der Waals surface area contributed by atoms with E-state index in [9.17, 15) is 5.11 Å². The minimum absolute atomic E-state index is 0.0606. The Hall–Kier alpha value is -1.52. The molecule has 2 heterocycles. The summed E-state index contributed by atoms with van der Waals surface area (Å²) in [5.74, 6) is 0.786. The molecule has 20 heavy (non-hydrogen) atoms. The number of anilines is 1. The van der Waals surface area contributed by atoms with Gasteiger partial charge < -0.3 is 10.0 Å². The second kappa shape index (κ2) is 5.46. The van der Waals surface area contributed by atoms with Crippen molar-refractivity contribution in [2.24, 2.45) is 0 Å². The molecule has 1 aromatic carbocycles. The molecule has 1 saturated heterocycles. The summed E-state index contributed by atoms with van der Waals surface area (Å²) in [6.07, 6.45) is 3.76. The van der Waals surface area contributed by atoms with Crippen molar-refractivity contribution in [1.82, 2.24) is 9.97 Å². The van der Waals surface area contributed by atoms with E-state index in [1.54, 1.807) is 12.1 Å². The Kier molecular flexibility index (Phi) is 3.68. The average molecular weight is 310 g/mol. The molecule has 0 atom stereocenters. The molecule has 3 rings (SSSR count). The van der Waals surface area contributed by atoms with E-state index in [1.165, 1.54) is 12.4 Å². The molecule has 4 nitrogen and oxygen atoms in total. The maximum Gasteiger partial charge on any atom is 0.151 e. The number of nitrogens with zero attached hydrogens (tertiary/aromatic N) is 3. The number of hydrogen-bond donors (Lipinski definition) is 1. The molecule has 0 spiro atoms. The number of phenolic OH excluding ortho intramolecular Hbond substituents is 1. The zero-order valence-corrected chi connectivity index (χ0v) is 12.2. The molecule has 6 heteroatoms. The van der Waals surface area contributed by atoms with Crippen LogP contribution in [0.25, 0.3) is 11.3 Å². The van der Waals surface area contributed by atoms with E-state index in [4.69, 9.17) is 23.2 Å². The molecule has 0 saturated carbocycles. The van der Waals surface area contributed by atoms with Crippen LogP contribution < -0.4 is 4.90 Å². The predicted molar refractivity (Wildman–Crippen MR) is 80.6 cm³/mol. The minimum atomic E-state index is 0.0606. The van der Waals surface area contributed by atoms with E-state index in [0.717, 1.165) is 31.7 Å². The Labute approximate surface area is 127 Å². The quantitative estimate of drug-likeness (QED) is 0.917. The summed E-state index contributed by atoms with van der Waals surface area (Å²) in [5, 5.41) is 10.9. The van der Waals surface area contributed by atoms with Crippen LogP contribution in [-0.4, -0.2) is 28.2 Å². The van der Waals surface area contributed by atoms with Gasteiger partial charge in [-0.15, -0.1) is 0 Å². The number of aromatic hydroxyl groups is 1. The largest absolute Gasteiger partial charge is 0.507 e. The maximum absolute atomic E-state index is 10.0. The first-order valence-corrected chi connectivity index (χ1v) is 7.17. The van der Waals surface area contributed by atoms with Gasteiger partial charge >= 0.3 is 0 Å². The van der Waals surface area contributed by atoms with Gasteiger partial charge in [-0.2, -0.15) is 0 Å². The monoisotopic (exact) mass is 309 g/mol. The lowest BCUT2D eigenvalue weighted by Gasteiger charge is -2.18. The van der Waals surface area contributed by atoms with Gasteiger partial charge in [0.1, 0.15) is 17.1 Å². The van der Waals surface area contributed by atoms with Crippen molar-refractivity contribution in [3.8, 4) is 17.0 Å². The zero-order valence-electron chi connectivity index (χ0n) is 10.7. The summed E-state index contributed by atoms with van der Waals surface area (Å²) in [7, 11) is 0. The standard InChI is InChI=1S/C14H13Cl2N3O/c15-9-3-4-10(11(20)7-9)13-12(16)14(18-8-17-13)19-5-1-2-6-19/h3-4,7-8,20H,1-2,5-6H2. The summed E-state index contributed by atoms with van der Waals surface area (Å²) in [5.41, 5.74) is 1.08. The van der Waals surface area contributed by atoms with Crippen LogP contribution in [0.2, 0.25) is 10.0 Å². The zero-order chi connectivity index (χ0) is 14.1. The first-order valence-electron chi connectivity index (χ1n) is 6.41. The van der Waals surface area contributed by atoms with Crippen LogP contribution in [0.1, 0.15) is 12.8 Å². The lowest BCUT2D eigenvalue weighted by Crippen LogP contribution is -2.19. The van der Waals surface area contributed by atoms with Gasteiger partial charge in [-0.3, -0.25) is 0 Å². The molecule has 1 aliphatic rings. The smallest absolute Gasteiger partial charge is 0.151 e. The number of halogens is 2. The van der Waals surface area contributed by atoms with Crippen molar-refractivity contribution < 1.29 is 5.11 Å². The van der Waals surface area contributed by atoms with Gasteiger partial charge in [0, 0.05) is 23.7 Å². The van der Waals surface area contributed by atoms with E-state index < -0.39 is 0 Å². The van der Waals surface area contributed by atoms with Crippen LogP contribution >= 0.6 is 23.2 Å². The van der Waals surface area contributed by atoms with Crippen LogP contribution in [0.4, 0.5) is 5.82 Å². The van der Waals surface area contributed by atoms with Crippen LogP contribution in [-0.2, 0) is 0 Å². The van der Waals surface area contributed by atoms with E-state index >= 15 is 0 Å². The average Bonchev–Trinajstić information content (AvgIpc) is 2.94. The van der Waals surface area contributed by atoms with Crippen molar-refractivity contribution in [2.75, 3.05) is 18.0 Å². The van der Waals surface area contributed by atoms with Crippen molar-refractivity contribution in [3.63, 3.8) is 0 Å². The number of aromatic nitrogens is 2. The minimum Gasteiger partial charge on any atom is -0.507 e. The molecule has 1 N–H and O–H groups in total. The molecule has 0 radical (unpaired) electrons. The van der Waals surface area contributed by atoms with Gasteiger partial charge in [0.15, 0.2) is 5.82 Å². The van der Waals surface area contributed by atoms with Gasteiger partial charge in [0.05, 0.1) is 5.69 Å². The maximum atomic E-state index is 10.0. The highest BCUT2D eigenvalue weighted by Crippen LogP contribution is 2.38. The highest BCUT2D eigenvalue weighted by molar-refractivity contribution is 6.35. The lowest BCUT2D eigenvalue weighted by molar-refractivity contribution is 0.477. The molecule has 2 aromatic rings. The molecule has 1 aromatic heterocycles. The van der Waals surface area contributed by atoms with Crippen molar-refractivity contribution in [3.05, 3.63) is 34.6 Å². The molecular formula is C14H13Cl2N3O. The van der Waals surface area contributed by atoms with E-state index in [1.807, 2.05) is 0 Å². The molecule has 104 valence electrons. The summed E-state index contributed by atoms with van der Waals surface area (Å²) < 4.78 is 0. The van der Waals surface area contributed by atoms with Crippen molar-refractivity contribution in [2.45, 2.75) is 12.8 Å². The first kappa shape index (κ1) is 13.5. The molecule has 1 fully saturated rings. The van der Waals surface area contributed by atoms with Gasteiger partial charge in [-0.1, -0.05) is 23.2 Å². The fourth-order valence-electron chi connectivity index (χ4n) is 2.40. The molecular weight excluding hydrogens is 297 g/mol. The number of phenols is 1. The summed E-state index contributed by atoms with van der Waals surface area (Å²) >= 11 is 12.3. The lowest BCUT2D eigenvalue weighted by atomic mass is 10.1. The van der Waals surface area contributed by atoms with Crippen LogP contribution in [0, 0.1) is 0 Å². The molecule has 0 aliphatic carbocycles. The SMILES string of the molecule is Oc1cc(Cl)ccc1-c1ncnc(N2CCCC2)c1Cl. The van der Waals surface area contributed by atoms with Gasteiger partial charge in [-0.25, -0.2) is 9.97 Å². The number of benzene rings is 1. The fraction of sp³-hybridized carbons (Fsp3) is 0.286. The molecule has 0 amide bonds. The second-order valence-electron chi connectivity index (χ2n) is 4.72. The summed E-state index contributed by atoms with van der Waals surface area (Å²) in [4.78, 5) is 10.6. The highest BCUT2D eigenvalue weighted by Gasteiger charge is 2.20. The van der Waals surface area contributed by atoms with E-state index in [-0.39, 0.29) is 5.75 Å². The highest BCUT2D eigenvalue weighted by atomic mass is 35.5. The Balaban J connectivity index is 2.07. The fourth-order valence-corrected chi connectivity index (χ4v) is 2.89. The van der Waals surface area contributed by atoms with Crippen molar-refractivity contribution >= 4 is 29.0 Å². The predicted octanol–water partition coefficient (Wildman–Crippen LogP) is 3.76. The van der Waals surface area contributed by atoms with E-state index in [0.29, 0.717) is 21.3 Å². The molecule has 0 unspecified atom stereocenters. The second-order valence-corrected chi connectivity index (χ2v) is 5.53. The topological polar surface area (TPSA) is 49.3 Å². The molecule has 0 bridgehead atoms. The van der Waals surface area contributed by atoms with Crippen LogP contribution in [0.5, 0.6) is 5.75 Å². The third-order valence-electron chi connectivity index (χ3n) is 3.39. The molecule has 1 aliphatic heterocycles. The Morgan fingerprint density at radius 1 is 1.10 bits per heavy atom.